The second kappa shape index (κ2) is 9.53. The van der Waals surface area contributed by atoms with Crippen LogP contribution in [0.3, 0.4) is 0 Å². The number of anilines is 1. The number of nitrogens with zero attached hydrogens (tertiary/aromatic N) is 1. The SMILES string of the molecule is CC(C(=O)Nc1ccc(OCc2ccccc2)cc1)N(C)Cc1ccc2c(c1)OCO2. The lowest BCUT2D eigenvalue weighted by molar-refractivity contribution is -0.120. The predicted molar refractivity (Wildman–Crippen MR) is 119 cm³/mol. The van der Waals surface area contributed by atoms with Crippen LogP contribution in [-0.2, 0) is 17.9 Å². The predicted octanol–water partition coefficient (Wildman–Crippen LogP) is 4.45. The van der Waals surface area contributed by atoms with Crippen LogP contribution >= 0.6 is 0 Å². The van der Waals surface area contributed by atoms with Gasteiger partial charge in [0.25, 0.3) is 0 Å². The van der Waals surface area contributed by atoms with Crippen molar-refractivity contribution in [3.8, 4) is 17.2 Å². The number of benzene rings is 3. The third-order valence-corrected chi connectivity index (χ3v) is 5.28. The second-order valence-corrected chi connectivity index (χ2v) is 7.57. The van der Waals surface area contributed by atoms with Crippen molar-refractivity contribution in [2.24, 2.45) is 0 Å². The number of nitrogens with one attached hydrogen (secondary N) is 1. The molecule has 4 rings (SSSR count). The summed E-state index contributed by atoms with van der Waals surface area (Å²) in [6.07, 6.45) is 0. The molecule has 1 aliphatic rings. The molecule has 1 N–H and O–H groups in total. The highest BCUT2D eigenvalue weighted by Crippen LogP contribution is 2.32. The normalized spacial score (nSPS) is 13.1. The van der Waals surface area contributed by atoms with Gasteiger partial charge in [-0.05, 0) is 61.5 Å². The van der Waals surface area contributed by atoms with Crippen LogP contribution in [0.5, 0.6) is 17.2 Å². The van der Waals surface area contributed by atoms with Crippen molar-refractivity contribution in [1.29, 1.82) is 0 Å². The molecule has 0 fully saturated rings. The van der Waals surface area contributed by atoms with Gasteiger partial charge in [0.05, 0.1) is 6.04 Å². The molecule has 0 aliphatic carbocycles. The van der Waals surface area contributed by atoms with Gasteiger partial charge in [0.15, 0.2) is 11.5 Å². The summed E-state index contributed by atoms with van der Waals surface area (Å²) in [4.78, 5) is 14.7. The van der Waals surface area contributed by atoms with Crippen molar-refractivity contribution in [2.45, 2.75) is 26.1 Å². The number of carbonyl (C=O) groups excluding carboxylic acids is 1. The highest BCUT2D eigenvalue weighted by atomic mass is 16.7. The summed E-state index contributed by atoms with van der Waals surface area (Å²) in [6, 6.07) is 23.0. The Bertz CT molecular complexity index is 1020. The zero-order valence-electron chi connectivity index (χ0n) is 17.7. The number of likely N-dealkylation sites (N-methyl/N-ethyl adjacent to an activating group) is 1. The largest absolute Gasteiger partial charge is 0.489 e. The molecule has 3 aromatic rings. The minimum atomic E-state index is -0.306. The second-order valence-electron chi connectivity index (χ2n) is 7.57. The first-order valence-corrected chi connectivity index (χ1v) is 10.2. The van der Waals surface area contributed by atoms with Crippen LogP contribution < -0.4 is 19.5 Å². The molecule has 160 valence electrons. The average Bonchev–Trinajstić information content (AvgIpc) is 3.26. The Morgan fingerprint density at radius 1 is 1.00 bits per heavy atom. The number of fused-ring (bicyclic) bond motifs is 1. The van der Waals surface area contributed by atoms with Gasteiger partial charge in [-0.15, -0.1) is 0 Å². The molecular formula is C25H26N2O4. The number of hydrogen-bond donors (Lipinski definition) is 1. The molecule has 0 bridgehead atoms. The lowest BCUT2D eigenvalue weighted by Gasteiger charge is -2.24. The van der Waals surface area contributed by atoms with Gasteiger partial charge in [-0.3, -0.25) is 9.69 Å². The van der Waals surface area contributed by atoms with Gasteiger partial charge in [0.1, 0.15) is 12.4 Å². The first-order valence-electron chi connectivity index (χ1n) is 10.2. The number of ether oxygens (including phenoxy) is 3. The molecule has 0 radical (unpaired) electrons. The van der Waals surface area contributed by atoms with E-state index in [4.69, 9.17) is 14.2 Å². The molecule has 31 heavy (non-hydrogen) atoms. The summed E-state index contributed by atoms with van der Waals surface area (Å²) in [6.45, 7) is 3.27. The fraction of sp³-hybridized carbons (Fsp3) is 0.240. The van der Waals surface area contributed by atoms with Gasteiger partial charge in [-0.1, -0.05) is 36.4 Å². The maximum atomic E-state index is 12.7. The molecule has 0 spiro atoms. The molecule has 1 unspecified atom stereocenters. The Hall–Kier alpha value is -3.51. The van der Waals surface area contributed by atoms with E-state index in [9.17, 15) is 4.79 Å². The Balaban J connectivity index is 1.28. The monoisotopic (exact) mass is 418 g/mol. The Kier molecular flexibility index (Phi) is 6.38. The Morgan fingerprint density at radius 2 is 1.74 bits per heavy atom. The zero-order chi connectivity index (χ0) is 21.6. The van der Waals surface area contributed by atoms with Gasteiger partial charge in [0.2, 0.25) is 12.7 Å². The van der Waals surface area contributed by atoms with E-state index in [-0.39, 0.29) is 18.7 Å². The molecular weight excluding hydrogens is 392 g/mol. The Labute approximate surface area is 182 Å². The Morgan fingerprint density at radius 3 is 2.52 bits per heavy atom. The summed E-state index contributed by atoms with van der Waals surface area (Å²) in [5.41, 5.74) is 2.91. The first-order chi connectivity index (χ1) is 15.1. The highest BCUT2D eigenvalue weighted by molar-refractivity contribution is 5.94. The summed E-state index contributed by atoms with van der Waals surface area (Å²) >= 11 is 0. The van der Waals surface area contributed by atoms with E-state index in [2.05, 4.69) is 5.32 Å². The van der Waals surface area contributed by atoms with Crippen LogP contribution in [0.4, 0.5) is 5.69 Å². The smallest absolute Gasteiger partial charge is 0.241 e. The van der Waals surface area contributed by atoms with E-state index in [1.165, 1.54) is 0 Å². The topological polar surface area (TPSA) is 60.0 Å². The standard InChI is InChI=1S/C25H26N2O4/c1-18(27(2)15-20-8-13-23-24(14-20)31-17-30-23)25(28)26-21-9-11-22(12-10-21)29-16-19-6-4-3-5-7-19/h3-14,18H,15-17H2,1-2H3,(H,26,28). The van der Waals surface area contributed by atoms with E-state index >= 15 is 0 Å². The zero-order valence-corrected chi connectivity index (χ0v) is 17.7. The number of rotatable bonds is 8. The van der Waals surface area contributed by atoms with E-state index in [1.54, 1.807) is 0 Å². The molecule has 0 saturated carbocycles. The fourth-order valence-electron chi connectivity index (χ4n) is 3.29. The number of hydrogen-bond acceptors (Lipinski definition) is 5. The lowest BCUT2D eigenvalue weighted by atomic mass is 10.1. The number of carbonyl (C=O) groups is 1. The van der Waals surface area contributed by atoms with Crippen LogP contribution in [0, 0.1) is 0 Å². The van der Waals surface area contributed by atoms with Crippen LogP contribution in [0.1, 0.15) is 18.1 Å². The van der Waals surface area contributed by atoms with E-state index in [1.807, 2.05) is 91.7 Å². The van der Waals surface area contributed by atoms with Crippen LogP contribution in [0.2, 0.25) is 0 Å². The first kappa shape index (κ1) is 20.8. The molecule has 1 aliphatic heterocycles. The minimum Gasteiger partial charge on any atom is -0.489 e. The van der Waals surface area contributed by atoms with E-state index in [0.717, 1.165) is 34.1 Å². The summed E-state index contributed by atoms with van der Waals surface area (Å²) < 4.78 is 16.6. The van der Waals surface area contributed by atoms with Gasteiger partial charge < -0.3 is 19.5 Å². The van der Waals surface area contributed by atoms with E-state index in [0.29, 0.717) is 13.2 Å². The molecule has 1 atom stereocenters. The van der Waals surface area contributed by atoms with Gasteiger partial charge >= 0.3 is 0 Å². The maximum Gasteiger partial charge on any atom is 0.241 e. The average molecular weight is 418 g/mol. The van der Waals surface area contributed by atoms with Crippen LogP contribution in [0.25, 0.3) is 0 Å². The molecule has 1 heterocycles. The van der Waals surface area contributed by atoms with Crippen LogP contribution in [-0.4, -0.2) is 30.7 Å². The highest BCUT2D eigenvalue weighted by Gasteiger charge is 2.20. The van der Waals surface area contributed by atoms with Crippen LogP contribution in [0.15, 0.2) is 72.8 Å². The molecule has 0 aromatic heterocycles. The minimum absolute atomic E-state index is 0.0683. The third kappa shape index (κ3) is 5.35. The molecule has 0 saturated heterocycles. The number of amides is 1. The molecule has 3 aromatic carbocycles. The van der Waals surface area contributed by atoms with Gasteiger partial charge in [-0.2, -0.15) is 0 Å². The van der Waals surface area contributed by atoms with Gasteiger partial charge in [-0.25, -0.2) is 0 Å². The summed E-state index contributed by atoms with van der Waals surface area (Å²) in [5.74, 6) is 2.20. The fourth-order valence-corrected chi connectivity index (χ4v) is 3.29. The summed E-state index contributed by atoms with van der Waals surface area (Å²) in [7, 11) is 1.93. The lowest BCUT2D eigenvalue weighted by Crippen LogP contribution is -2.39. The van der Waals surface area contributed by atoms with Crippen molar-refractivity contribution in [2.75, 3.05) is 19.2 Å². The third-order valence-electron chi connectivity index (χ3n) is 5.28. The summed E-state index contributed by atoms with van der Waals surface area (Å²) in [5, 5.41) is 2.97. The maximum absolute atomic E-state index is 12.7. The molecule has 6 nitrogen and oxygen atoms in total. The van der Waals surface area contributed by atoms with Crippen molar-refractivity contribution >= 4 is 11.6 Å². The van der Waals surface area contributed by atoms with Crippen molar-refractivity contribution in [1.82, 2.24) is 4.90 Å². The van der Waals surface area contributed by atoms with Gasteiger partial charge in [0, 0.05) is 12.2 Å². The van der Waals surface area contributed by atoms with Crippen molar-refractivity contribution in [3.05, 3.63) is 83.9 Å². The molecule has 6 heteroatoms. The molecule has 1 amide bonds. The van der Waals surface area contributed by atoms with Crippen molar-refractivity contribution < 1.29 is 19.0 Å². The van der Waals surface area contributed by atoms with E-state index < -0.39 is 0 Å². The van der Waals surface area contributed by atoms with Crippen molar-refractivity contribution in [3.63, 3.8) is 0 Å². The quantitative estimate of drug-likeness (QED) is 0.586.